The van der Waals surface area contributed by atoms with Crippen LogP contribution in [-0.4, -0.2) is 15.6 Å². The number of hydrogen-bond acceptors (Lipinski definition) is 2. The molecule has 112 valence electrons. The predicted molar refractivity (Wildman–Crippen MR) is 65.3 cm³/mol. The van der Waals surface area contributed by atoms with Crippen molar-refractivity contribution in [2.24, 2.45) is 0 Å². The van der Waals surface area contributed by atoms with E-state index < -0.39 is 40.4 Å². The minimum Gasteiger partial charge on any atom is -0.287 e. The third-order valence-corrected chi connectivity index (χ3v) is 3.33. The number of halogens is 6. The normalized spacial score (nSPS) is 11.0. The van der Waals surface area contributed by atoms with Crippen molar-refractivity contribution in [1.82, 2.24) is 9.78 Å². The summed E-state index contributed by atoms with van der Waals surface area (Å²) in [6.45, 7) is 1.76. The lowest BCUT2D eigenvalue weighted by atomic mass is 10.1. The van der Waals surface area contributed by atoms with Crippen LogP contribution in [0.2, 0.25) is 0 Å². The first-order valence-electron chi connectivity index (χ1n) is 5.58. The summed E-state index contributed by atoms with van der Waals surface area (Å²) in [5, 5.41) is 3.75. The lowest BCUT2D eigenvalue weighted by molar-refractivity contribution is 0.101. The molecule has 1 heterocycles. The Morgan fingerprint density at radius 1 is 1.10 bits per heavy atom. The summed E-state index contributed by atoms with van der Waals surface area (Å²) >= 11 is 2.95. The maximum absolute atomic E-state index is 13.6. The zero-order chi connectivity index (χ0) is 15.9. The number of rotatable bonds is 3. The maximum Gasteiger partial charge on any atom is 0.218 e. The second kappa shape index (κ2) is 5.55. The van der Waals surface area contributed by atoms with Gasteiger partial charge in [0.05, 0.1) is 10.7 Å². The molecular weight excluding hydrogens is 363 g/mol. The van der Waals surface area contributed by atoms with Gasteiger partial charge >= 0.3 is 0 Å². The molecule has 0 saturated carbocycles. The largest absolute Gasteiger partial charge is 0.287 e. The van der Waals surface area contributed by atoms with E-state index in [1.165, 1.54) is 6.20 Å². The number of carbonyl (C=O) groups excluding carboxylic acids is 1. The van der Waals surface area contributed by atoms with Gasteiger partial charge in [0.15, 0.2) is 23.3 Å². The fourth-order valence-electron chi connectivity index (χ4n) is 1.75. The molecule has 9 heteroatoms. The highest BCUT2D eigenvalue weighted by molar-refractivity contribution is 9.10. The van der Waals surface area contributed by atoms with E-state index in [1.54, 1.807) is 6.92 Å². The molecule has 0 unspecified atom stereocenters. The molecule has 0 aliphatic rings. The Hall–Kier alpha value is -1.77. The van der Waals surface area contributed by atoms with Crippen LogP contribution in [0, 0.1) is 29.1 Å². The molecule has 0 amide bonds. The molecule has 0 fully saturated rings. The van der Waals surface area contributed by atoms with Gasteiger partial charge in [0, 0.05) is 6.54 Å². The van der Waals surface area contributed by atoms with Crippen molar-refractivity contribution in [3.8, 4) is 0 Å². The fraction of sp³-hybridized carbons (Fsp3) is 0.167. The third-order valence-electron chi connectivity index (χ3n) is 2.75. The highest BCUT2D eigenvalue weighted by Crippen LogP contribution is 2.27. The van der Waals surface area contributed by atoms with E-state index in [9.17, 15) is 26.7 Å². The quantitative estimate of drug-likeness (QED) is 0.359. The Labute approximate surface area is 123 Å². The van der Waals surface area contributed by atoms with E-state index in [0.717, 1.165) is 4.68 Å². The number of ketones is 1. The second-order valence-electron chi connectivity index (χ2n) is 3.93. The molecule has 0 bridgehead atoms. The number of nitrogens with zero attached hydrogens (tertiary/aromatic N) is 2. The first-order chi connectivity index (χ1) is 9.81. The standard InChI is InChI=1S/C12H6BrF5N2O/c1-2-20-11(4(13)3-19-20)12(21)5-6(14)8(16)10(18)9(17)7(5)15/h3H,2H2,1H3. The van der Waals surface area contributed by atoms with E-state index in [4.69, 9.17) is 0 Å². The molecule has 0 N–H and O–H groups in total. The average molecular weight is 369 g/mol. The lowest BCUT2D eigenvalue weighted by Crippen LogP contribution is -2.17. The predicted octanol–water partition coefficient (Wildman–Crippen LogP) is 3.59. The summed E-state index contributed by atoms with van der Waals surface area (Å²) in [6.07, 6.45) is 1.18. The Balaban J connectivity index is 2.73. The first-order valence-corrected chi connectivity index (χ1v) is 6.37. The molecule has 0 aliphatic carbocycles. The number of aryl methyl sites for hydroxylation is 1. The average Bonchev–Trinajstić information content (AvgIpc) is 2.84. The van der Waals surface area contributed by atoms with Crippen molar-refractivity contribution in [3.05, 3.63) is 51.0 Å². The van der Waals surface area contributed by atoms with Crippen LogP contribution in [0.3, 0.4) is 0 Å². The summed E-state index contributed by atoms with van der Waals surface area (Å²) in [5.74, 6) is -12.4. The summed E-state index contributed by atoms with van der Waals surface area (Å²) in [4.78, 5) is 12.1. The van der Waals surface area contributed by atoms with Crippen LogP contribution in [0.25, 0.3) is 0 Å². The van der Waals surface area contributed by atoms with E-state index >= 15 is 0 Å². The summed E-state index contributed by atoms with van der Waals surface area (Å²) < 4.78 is 67.6. The second-order valence-corrected chi connectivity index (χ2v) is 4.79. The zero-order valence-electron chi connectivity index (χ0n) is 10.4. The Bertz CT molecular complexity index is 715. The first kappa shape index (κ1) is 15.6. The molecule has 0 spiro atoms. The number of benzene rings is 1. The van der Waals surface area contributed by atoms with Gasteiger partial charge in [-0.25, -0.2) is 22.0 Å². The minimum absolute atomic E-state index is 0.0818. The lowest BCUT2D eigenvalue weighted by Gasteiger charge is -2.09. The highest BCUT2D eigenvalue weighted by Gasteiger charge is 2.32. The highest BCUT2D eigenvalue weighted by atomic mass is 79.9. The molecular formula is C12H6BrF5N2O. The smallest absolute Gasteiger partial charge is 0.218 e. The van der Waals surface area contributed by atoms with Crippen LogP contribution < -0.4 is 0 Å². The van der Waals surface area contributed by atoms with E-state index in [2.05, 4.69) is 21.0 Å². The summed E-state index contributed by atoms with van der Waals surface area (Å²) in [5.41, 5.74) is -1.82. The molecule has 3 nitrogen and oxygen atoms in total. The fourth-order valence-corrected chi connectivity index (χ4v) is 2.23. The number of aromatic nitrogens is 2. The van der Waals surface area contributed by atoms with Crippen LogP contribution >= 0.6 is 15.9 Å². The van der Waals surface area contributed by atoms with Crippen molar-refractivity contribution in [2.75, 3.05) is 0 Å². The van der Waals surface area contributed by atoms with Crippen LogP contribution in [0.5, 0.6) is 0 Å². The summed E-state index contributed by atoms with van der Waals surface area (Å²) in [7, 11) is 0. The van der Waals surface area contributed by atoms with Gasteiger partial charge in [-0.2, -0.15) is 5.10 Å². The minimum atomic E-state index is -2.32. The Morgan fingerprint density at radius 3 is 2.05 bits per heavy atom. The van der Waals surface area contributed by atoms with Gasteiger partial charge in [-0.15, -0.1) is 0 Å². The van der Waals surface area contributed by atoms with Crippen molar-refractivity contribution in [2.45, 2.75) is 13.5 Å². The van der Waals surface area contributed by atoms with Crippen molar-refractivity contribution in [1.29, 1.82) is 0 Å². The summed E-state index contributed by atoms with van der Waals surface area (Å²) in [6, 6.07) is 0. The molecule has 21 heavy (non-hydrogen) atoms. The third kappa shape index (κ3) is 2.35. The van der Waals surface area contributed by atoms with Crippen LogP contribution in [-0.2, 0) is 6.54 Å². The van der Waals surface area contributed by atoms with Gasteiger partial charge in [-0.1, -0.05) is 0 Å². The Morgan fingerprint density at radius 2 is 1.57 bits per heavy atom. The SMILES string of the molecule is CCn1ncc(Br)c1C(=O)c1c(F)c(F)c(F)c(F)c1F. The van der Waals surface area contributed by atoms with E-state index in [1.807, 2.05) is 0 Å². The molecule has 1 aromatic carbocycles. The van der Waals surface area contributed by atoms with Crippen LogP contribution in [0.1, 0.15) is 23.0 Å². The molecule has 0 atom stereocenters. The van der Waals surface area contributed by atoms with Gasteiger partial charge in [0.25, 0.3) is 0 Å². The van der Waals surface area contributed by atoms with Gasteiger partial charge in [0.1, 0.15) is 11.3 Å². The topological polar surface area (TPSA) is 34.9 Å². The van der Waals surface area contributed by atoms with E-state index in [0.29, 0.717) is 0 Å². The maximum atomic E-state index is 13.6. The van der Waals surface area contributed by atoms with Gasteiger partial charge < -0.3 is 0 Å². The van der Waals surface area contributed by atoms with Gasteiger partial charge in [0.2, 0.25) is 11.6 Å². The van der Waals surface area contributed by atoms with Crippen molar-refractivity contribution >= 4 is 21.7 Å². The Kier molecular flexibility index (Phi) is 4.13. The van der Waals surface area contributed by atoms with Crippen molar-refractivity contribution in [3.63, 3.8) is 0 Å². The molecule has 0 radical (unpaired) electrons. The molecule has 2 aromatic rings. The monoisotopic (exact) mass is 368 g/mol. The molecule has 2 rings (SSSR count). The molecule has 0 aliphatic heterocycles. The zero-order valence-corrected chi connectivity index (χ0v) is 11.9. The van der Waals surface area contributed by atoms with Gasteiger partial charge in [-0.05, 0) is 22.9 Å². The number of carbonyl (C=O) groups is 1. The van der Waals surface area contributed by atoms with E-state index in [-0.39, 0.29) is 16.7 Å². The van der Waals surface area contributed by atoms with Crippen LogP contribution in [0.15, 0.2) is 10.7 Å². The van der Waals surface area contributed by atoms with Crippen molar-refractivity contribution < 1.29 is 26.7 Å². The molecule has 0 saturated heterocycles. The molecule has 1 aromatic heterocycles. The number of hydrogen-bond donors (Lipinski definition) is 0. The van der Waals surface area contributed by atoms with Crippen LogP contribution in [0.4, 0.5) is 22.0 Å². The van der Waals surface area contributed by atoms with Gasteiger partial charge in [-0.3, -0.25) is 9.48 Å².